The van der Waals surface area contributed by atoms with Crippen molar-refractivity contribution in [2.75, 3.05) is 4.90 Å². The van der Waals surface area contributed by atoms with Crippen molar-refractivity contribution in [3.8, 4) is 11.1 Å². The zero-order valence-corrected chi connectivity index (χ0v) is 27.0. The second kappa shape index (κ2) is 10.5. The maximum Gasteiger partial charge on any atom is 0.0540 e. The Balaban J connectivity index is 1.21. The van der Waals surface area contributed by atoms with Crippen LogP contribution in [0.1, 0.15) is 0 Å². The Kier molecular flexibility index (Phi) is 5.98. The van der Waals surface area contributed by atoms with Crippen LogP contribution in [-0.4, -0.2) is 0 Å². The van der Waals surface area contributed by atoms with E-state index in [0.29, 0.717) is 0 Å². The van der Waals surface area contributed by atoms with Crippen LogP contribution in [0.5, 0.6) is 0 Å². The second-order valence-corrected chi connectivity index (χ2v) is 14.3. The standard InChI is InChI=1S/C44H27NS2/c1-2-10-29-25-31(19-17-28(29)9-1)45(32-20-24-44-39(27-32)37-14-6-8-16-42(37)47-44)40-22-21-33(34-11-3-4-12-35(34)40)30-18-23-43-38(26-30)36-13-5-7-15-41(36)46-43/h1-27H. The van der Waals surface area contributed by atoms with Crippen LogP contribution in [0, 0.1) is 0 Å². The number of anilines is 3. The molecule has 3 heteroatoms. The van der Waals surface area contributed by atoms with E-state index in [0.717, 1.165) is 11.4 Å². The van der Waals surface area contributed by atoms with Crippen molar-refractivity contribution in [3.63, 3.8) is 0 Å². The van der Waals surface area contributed by atoms with Crippen LogP contribution in [0.3, 0.4) is 0 Å². The molecule has 0 bridgehead atoms. The fourth-order valence-corrected chi connectivity index (χ4v) is 9.39. The second-order valence-electron chi connectivity index (χ2n) is 12.1. The monoisotopic (exact) mass is 633 g/mol. The summed E-state index contributed by atoms with van der Waals surface area (Å²) in [5.41, 5.74) is 5.96. The van der Waals surface area contributed by atoms with E-state index in [1.54, 1.807) is 0 Å². The summed E-state index contributed by atoms with van der Waals surface area (Å²) < 4.78 is 5.29. The molecule has 0 radical (unpaired) electrons. The Morgan fingerprint density at radius 1 is 0.340 bits per heavy atom. The Hall–Kier alpha value is -5.48. The number of hydrogen-bond donors (Lipinski definition) is 0. The molecule has 0 aliphatic rings. The largest absolute Gasteiger partial charge is 0.310 e. The van der Waals surface area contributed by atoms with E-state index in [9.17, 15) is 0 Å². The summed E-state index contributed by atoms with van der Waals surface area (Å²) in [5, 5.41) is 10.2. The molecule has 10 aromatic rings. The molecule has 0 saturated carbocycles. The van der Waals surface area contributed by atoms with Gasteiger partial charge in [-0.05, 0) is 87.9 Å². The quantitative estimate of drug-likeness (QED) is 0.186. The fourth-order valence-electron chi connectivity index (χ4n) is 7.22. The molecule has 0 spiro atoms. The molecule has 10 rings (SSSR count). The summed E-state index contributed by atoms with van der Waals surface area (Å²) in [6.07, 6.45) is 0. The van der Waals surface area contributed by atoms with Crippen LogP contribution in [0.4, 0.5) is 17.1 Å². The van der Waals surface area contributed by atoms with Gasteiger partial charge in [0.05, 0.1) is 5.69 Å². The minimum absolute atomic E-state index is 1.15. The predicted molar refractivity (Wildman–Crippen MR) is 207 cm³/mol. The highest BCUT2D eigenvalue weighted by atomic mass is 32.1. The third-order valence-corrected chi connectivity index (χ3v) is 11.7. The van der Waals surface area contributed by atoms with Crippen molar-refractivity contribution < 1.29 is 0 Å². The summed E-state index contributed by atoms with van der Waals surface area (Å²) in [7, 11) is 0. The molecule has 47 heavy (non-hydrogen) atoms. The van der Waals surface area contributed by atoms with Crippen LogP contribution >= 0.6 is 22.7 Å². The molecule has 0 amide bonds. The lowest BCUT2D eigenvalue weighted by Gasteiger charge is -2.28. The first-order chi connectivity index (χ1) is 23.3. The van der Waals surface area contributed by atoms with Crippen molar-refractivity contribution in [1.82, 2.24) is 0 Å². The third kappa shape index (κ3) is 4.28. The van der Waals surface area contributed by atoms with Crippen molar-refractivity contribution in [2.24, 2.45) is 0 Å². The van der Waals surface area contributed by atoms with E-state index in [-0.39, 0.29) is 0 Å². The van der Waals surface area contributed by atoms with Crippen molar-refractivity contribution >= 4 is 102 Å². The summed E-state index contributed by atoms with van der Waals surface area (Å²) in [6, 6.07) is 60.4. The Labute approximate surface area is 280 Å². The lowest BCUT2D eigenvalue weighted by molar-refractivity contribution is 1.31. The van der Waals surface area contributed by atoms with E-state index < -0.39 is 0 Å². The van der Waals surface area contributed by atoms with Crippen LogP contribution in [0.15, 0.2) is 164 Å². The molecule has 8 aromatic carbocycles. The van der Waals surface area contributed by atoms with Crippen molar-refractivity contribution in [2.45, 2.75) is 0 Å². The van der Waals surface area contributed by atoms with Gasteiger partial charge in [-0.3, -0.25) is 0 Å². The molecule has 0 fully saturated rings. The van der Waals surface area contributed by atoms with Gasteiger partial charge in [0.1, 0.15) is 0 Å². The number of nitrogens with zero attached hydrogens (tertiary/aromatic N) is 1. The average Bonchev–Trinajstić information content (AvgIpc) is 3.69. The van der Waals surface area contributed by atoms with Crippen LogP contribution in [-0.2, 0) is 0 Å². The first-order valence-electron chi connectivity index (χ1n) is 15.9. The van der Waals surface area contributed by atoms with Gasteiger partial charge in [0.15, 0.2) is 0 Å². The molecule has 220 valence electrons. The van der Waals surface area contributed by atoms with Crippen molar-refractivity contribution in [3.05, 3.63) is 164 Å². The van der Waals surface area contributed by atoms with E-state index in [2.05, 4.69) is 169 Å². The number of thiophene rings is 2. The minimum Gasteiger partial charge on any atom is -0.310 e. The summed E-state index contributed by atoms with van der Waals surface area (Å²) in [4.78, 5) is 2.44. The smallest absolute Gasteiger partial charge is 0.0540 e. The van der Waals surface area contributed by atoms with Gasteiger partial charge in [0.2, 0.25) is 0 Å². The van der Waals surface area contributed by atoms with E-state index >= 15 is 0 Å². The fraction of sp³-hybridized carbons (Fsp3) is 0. The minimum atomic E-state index is 1.15. The molecule has 0 atom stereocenters. The number of hydrogen-bond acceptors (Lipinski definition) is 3. The highest BCUT2D eigenvalue weighted by Gasteiger charge is 2.19. The third-order valence-electron chi connectivity index (χ3n) is 9.44. The van der Waals surface area contributed by atoms with Gasteiger partial charge >= 0.3 is 0 Å². The molecule has 0 aliphatic heterocycles. The maximum atomic E-state index is 2.44. The van der Waals surface area contributed by atoms with Crippen molar-refractivity contribution in [1.29, 1.82) is 0 Å². The van der Waals surface area contributed by atoms with Crippen LogP contribution in [0.25, 0.3) is 73.0 Å². The van der Waals surface area contributed by atoms with Gasteiger partial charge in [-0.15, -0.1) is 22.7 Å². The van der Waals surface area contributed by atoms with Crippen LogP contribution < -0.4 is 4.90 Å². The maximum absolute atomic E-state index is 2.44. The molecule has 1 nitrogen and oxygen atoms in total. The van der Waals surface area contributed by atoms with Gasteiger partial charge in [0.25, 0.3) is 0 Å². The molecule has 0 N–H and O–H groups in total. The molecule has 0 aliphatic carbocycles. The van der Waals surface area contributed by atoms with E-state index in [4.69, 9.17) is 0 Å². The molecule has 2 heterocycles. The van der Waals surface area contributed by atoms with Gasteiger partial charge in [-0.2, -0.15) is 0 Å². The van der Waals surface area contributed by atoms with E-state index in [1.807, 2.05) is 22.7 Å². The zero-order chi connectivity index (χ0) is 30.9. The average molecular weight is 634 g/mol. The molecule has 2 aromatic heterocycles. The lowest BCUT2D eigenvalue weighted by atomic mass is 9.95. The normalized spacial score (nSPS) is 11.8. The highest BCUT2D eigenvalue weighted by molar-refractivity contribution is 7.26. The Morgan fingerprint density at radius 2 is 0.894 bits per heavy atom. The topological polar surface area (TPSA) is 3.24 Å². The molecule has 0 unspecified atom stereocenters. The zero-order valence-electron chi connectivity index (χ0n) is 25.4. The Bertz CT molecular complexity index is 2820. The predicted octanol–water partition coefficient (Wildman–Crippen LogP) is 13.9. The SMILES string of the molecule is c1ccc2cc(N(c3ccc4sc5ccccc5c4c3)c3ccc(-c4ccc5sc6ccccc6c5c4)c4ccccc34)ccc2c1. The first kappa shape index (κ1) is 26.7. The van der Waals surface area contributed by atoms with Crippen LogP contribution in [0.2, 0.25) is 0 Å². The number of benzene rings is 8. The summed E-state index contributed by atoms with van der Waals surface area (Å²) in [6.45, 7) is 0. The summed E-state index contributed by atoms with van der Waals surface area (Å²) >= 11 is 3.73. The number of fused-ring (bicyclic) bond motifs is 8. The van der Waals surface area contributed by atoms with Gasteiger partial charge < -0.3 is 4.90 Å². The van der Waals surface area contributed by atoms with Gasteiger partial charge in [-0.25, -0.2) is 0 Å². The van der Waals surface area contributed by atoms with Gasteiger partial charge in [0, 0.05) is 57.1 Å². The molecular weight excluding hydrogens is 607 g/mol. The lowest BCUT2D eigenvalue weighted by Crippen LogP contribution is -2.10. The number of rotatable bonds is 4. The van der Waals surface area contributed by atoms with Gasteiger partial charge in [-0.1, -0.05) is 103 Å². The summed E-state index contributed by atoms with van der Waals surface area (Å²) in [5.74, 6) is 0. The first-order valence-corrected chi connectivity index (χ1v) is 17.6. The highest BCUT2D eigenvalue weighted by Crippen LogP contribution is 2.45. The molecule has 0 saturated heterocycles. The van der Waals surface area contributed by atoms with E-state index in [1.165, 1.54) is 78.7 Å². The Morgan fingerprint density at radius 3 is 1.66 bits per heavy atom. The molecular formula is C44H27NS2.